The van der Waals surface area contributed by atoms with Crippen molar-refractivity contribution in [3.8, 4) is 0 Å². The molecule has 5 N–H and O–H groups in total. The molecule has 6 nitrogen and oxygen atoms in total. The second-order valence-corrected chi connectivity index (χ2v) is 8.01. The molecule has 0 aromatic heterocycles. The summed E-state index contributed by atoms with van der Waals surface area (Å²) in [5.41, 5.74) is 13.1. The highest BCUT2D eigenvalue weighted by atomic mass is 16.2. The summed E-state index contributed by atoms with van der Waals surface area (Å²) in [4.78, 5) is 27.2. The molecule has 0 bridgehead atoms. The van der Waals surface area contributed by atoms with E-state index in [0.717, 1.165) is 37.7 Å². The van der Waals surface area contributed by atoms with E-state index in [2.05, 4.69) is 5.32 Å². The van der Waals surface area contributed by atoms with Crippen LogP contribution in [0.4, 0.5) is 0 Å². The standard InChI is InChI=1S/C21H32N4O2/c22-17-10-8-16(9-11-17)14-24-20(26)19-7-4-12-25(19)21(27)18(23)13-15-5-2-1-3-6-15/h1-3,5-6,16-19H,4,7-14,22-23H2,(H,24,26)/t16?,17?,18-,19+/m1/s1. The van der Waals surface area contributed by atoms with E-state index in [1.54, 1.807) is 4.90 Å². The van der Waals surface area contributed by atoms with Crippen molar-refractivity contribution in [1.29, 1.82) is 0 Å². The van der Waals surface area contributed by atoms with Crippen molar-refractivity contribution in [2.75, 3.05) is 13.1 Å². The van der Waals surface area contributed by atoms with E-state index in [9.17, 15) is 9.59 Å². The lowest BCUT2D eigenvalue weighted by molar-refractivity contribution is -0.139. The zero-order valence-electron chi connectivity index (χ0n) is 16.0. The zero-order chi connectivity index (χ0) is 19.2. The second-order valence-electron chi connectivity index (χ2n) is 8.01. The van der Waals surface area contributed by atoms with Crippen LogP contribution in [0.3, 0.4) is 0 Å². The molecule has 1 aromatic carbocycles. The Kier molecular flexibility index (Phi) is 6.85. The van der Waals surface area contributed by atoms with Crippen molar-refractivity contribution in [1.82, 2.24) is 10.2 Å². The van der Waals surface area contributed by atoms with Gasteiger partial charge in [-0.25, -0.2) is 0 Å². The molecule has 1 saturated heterocycles. The van der Waals surface area contributed by atoms with Crippen LogP contribution < -0.4 is 16.8 Å². The molecular formula is C21H32N4O2. The predicted molar refractivity (Wildman–Crippen MR) is 106 cm³/mol. The molecule has 0 unspecified atom stereocenters. The first-order chi connectivity index (χ1) is 13.0. The van der Waals surface area contributed by atoms with E-state index in [1.165, 1.54) is 0 Å². The molecule has 6 heteroatoms. The molecular weight excluding hydrogens is 340 g/mol. The van der Waals surface area contributed by atoms with Crippen molar-refractivity contribution in [2.45, 2.75) is 63.1 Å². The minimum Gasteiger partial charge on any atom is -0.354 e. The van der Waals surface area contributed by atoms with E-state index in [4.69, 9.17) is 11.5 Å². The Morgan fingerprint density at radius 1 is 1.11 bits per heavy atom. The highest BCUT2D eigenvalue weighted by Crippen LogP contribution is 2.23. The number of nitrogens with one attached hydrogen (secondary N) is 1. The maximum absolute atomic E-state index is 12.8. The summed E-state index contributed by atoms with van der Waals surface area (Å²) < 4.78 is 0. The van der Waals surface area contributed by atoms with Crippen LogP contribution in [0.15, 0.2) is 30.3 Å². The highest BCUT2D eigenvalue weighted by molar-refractivity contribution is 5.90. The Hall–Kier alpha value is -1.92. The van der Waals surface area contributed by atoms with Gasteiger partial charge in [0.2, 0.25) is 11.8 Å². The van der Waals surface area contributed by atoms with Gasteiger partial charge in [0, 0.05) is 19.1 Å². The van der Waals surface area contributed by atoms with Gasteiger partial charge in [-0.2, -0.15) is 0 Å². The third-order valence-electron chi connectivity index (χ3n) is 5.91. The lowest BCUT2D eigenvalue weighted by atomic mass is 9.86. The first kappa shape index (κ1) is 19.8. The molecule has 3 rings (SSSR count). The van der Waals surface area contributed by atoms with Gasteiger partial charge in [-0.3, -0.25) is 9.59 Å². The van der Waals surface area contributed by atoms with Crippen LogP contribution in [0.1, 0.15) is 44.1 Å². The molecule has 148 valence electrons. The van der Waals surface area contributed by atoms with E-state index < -0.39 is 6.04 Å². The van der Waals surface area contributed by atoms with Crippen LogP contribution in [0.2, 0.25) is 0 Å². The fraction of sp³-hybridized carbons (Fsp3) is 0.619. The normalized spacial score (nSPS) is 26.6. The van der Waals surface area contributed by atoms with Crippen LogP contribution in [-0.2, 0) is 16.0 Å². The van der Waals surface area contributed by atoms with E-state index in [0.29, 0.717) is 37.9 Å². The number of hydrogen-bond donors (Lipinski definition) is 3. The van der Waals surface area contributed by atoms with Gasteiger partial charge < -0.3 is 21.7 Å². The Morgan fingerprint density at radius 3 is 2.52 bits per heavy atom. The SMILES string of the molecule is NC1CCC(CNC(=O)[C@@H]2CCCN2C(=O)[C@H](N)Cc2ccccc2)CC1. The van der Waals surface area contributed by atoms with Crippen molar-refractivity contribution in [2.24, 2.45) is 17.4 Å². The van der Waals surface area contributed by atoms with Gasteiger partial charge in [-0.05, 0) is 56.4 Å². The van der Waals surface area contributed by atoms with Crippen LogP contribution in [-0.4, -0.2) is 47.9 Å². The van der Waals surface area contributed by atoms with Crippen LogP contribution in [0.25, 0.3) is 0 Å². The number of nitrogens with zero attached hydrogens (tertiary/aromatic N) is 1. The molecule has 2 amide bonds. The fourth-order valence-electron chi connectivity index (χ4n) is 4.23. The summed E-state index contributed by atoms with van der Waals surface area (Å²) in [5.74, 6) is 0.336. The van der Waals surface area contributed by atoms with Crippen LogP contribution >= 0.6 is 0 Å². The molecule has 2 aliphatic rings. The number of nitrogens with two attached hydrogens (primary N) is 2. The Balaban J connectivity index is 1.51. The molecule has 1 heterocycles. The topological polar surface area (TPSA) is 101 Å². The Bertz CT molecular complexity index is 628. The second kappa shape index (κ2) is 9.33. The van der Waals surface area contributed by atoms with E-state index in [1.807, 2.05) is 30.3 Å². The van der Waals surface area contributed by atoms with Crippen LogP contribution in [0.5, 0.6) is 0 Å². The van der Waals surface area contributed by atoms with Gasteiger partial charge in [-0.15, -0.1) is 0 Å². The molecule has 0 spiro atoms. The molecule has 1 aromatic rings. The van der Waals surface area contributed by atoms with Gasteiger partial charge in [0.25, 0.3) is 0 Å². The van der Waals surface area contributed by atoms with Crippen LogP contribution in [0, 0.1) is 5.92 Å². The highest BCUT2D eigenvalue weighted by Gasteiger charge is 2.36. The summed E-state index contributed by atoms with van der Waals surface area (Å²) in [6.07, 6.45) is 6.25. The first-order valence-corrected chi connectivity index (χ1v) is 10.2. The number of carbonyl (C=O) groups is 2. The first-order valence-electron chi connectivity index (χ1n) is 10.2. The molecule has 1 aliphatic carbocycles. The molecule has 2 atom stereocenters. The largest absolute Gasteiger partial charge is 0.354 e. The number of likely N-dealkylation sites (tertiary alicyclic amines) is 1. The molecule has 27 heavy (non-hydrogen) atoms. The zero-order valence-corrected chi connectivity index (χ0v) is 16.0. The monoisotopic (exact) mass is 372 g/mol. The smallest absolute Gasteiger partial charge is 0.242 e. The average Bonchev–Trinajstić information content (AvgIpc) is 3.17. The van der Waals surface area contributed by atoms with Crippen molar-refractivity contribution in [3.05, 3.63) is 35.9 Å². The third kappa shape index (κ3) is 5.30. The number of rotatable bonds is 6. The van der Waals surface area contributed by atoms with Gasteiger partial charge in [0.1, 0.15) is 6.04 Å². The van der Waals surface area contributed by atoms with Crippen molar-refractivity contribution >= 4 is 11.8 Å². The molecule has 0 radical (unpaired) electrons. The lowest BCUT2D eigenvalue weighted by Crippen LogP contribution is -2.52. The number of amides is 2. The minimum atomic E-state index is -0.611. The summed E-state index contributed by atoms with van der Waals surface area (Å²) in [5, 5.41) is 3.07. The Labute approximate surface area is 161 Å². The fourth-order valence-corrected chi connectivity index (χ4v) is 4.23. The maximum Gasteiger partial charge on any atom is 0.242 e. The summed E-state index contributed by atoms with van der Waals surface area (Å²) in [6.45, 7) is 1.29. The quantitative estimate of drug-likeness (QED) is 0.698. The number of benzene rings is 1. The van der Waals surface area contributed by atoms with Gasteiger partial charge in [-0.1, -0.05) is 30.3 Å². The van der Waals surface area contributed by atoms with E-state index >= 15 is 0 Å². The predicted octanol–water partition coefficient (Wildman–Crippen LogP) is 1.18. The molecule has 1 saturated carbocycles. The molecule has 1 aliphatic heterocycles. The maximum atomic E-state index is 12.8. The van der Waals surface area contributed by atoms with Gasteiger partial charge >= 0.3 is 0 Å². The Morgan fingerprint density at radius 2 is 1.81 bits per heavy atom. The summed E-state index contributed by atoms with van der Waals surface area (Å²) in [7, 11) is 0. The molecule has 2 fully saturated rings. The van der Waals surface area contributed by atoms with E-state index in [-0.39, 0.29) is 17.9 Å². The lowest BCUT2D eigenvalue weighted by Gasteiger charge is -2.29. The van der Waals surface area contributed by atoms with Crippen molar-refractivity contribution in [3.63, 3.8) is 0 Å². The van der Waals surface area contributed by atoms with Gasteiger partial charge in [0.05, 0.1) is 6.04 Å². The van der Waals surface area contributed by atoms with Crippen molar-refractivity contribution < 1.29 is 9.59 Å². The minimum absolute atomic E-state index is 0.0392. The number of carbonyl (C=O) groups excluding carboxylic acids is 2. The average molecular weight is 373 g/mol. The van der Waals surface area contributed by atoms with Gasteiger partial charge in [0.15, 0.2) is 0 Å². The summed E-state index contributed by atoms with van der Waals surface area (Å²) in [6, 6.07) is 9.08. The third-order valence-corrected chi connectivity index (χ3v) is 5.91. The number of hydrogen-bond acceptors (Lipinski definition) is 4. The summed E-state index contributed by atoms with van der Waals surface area (Å²) >= 11 is 0.